The summed E-state index contributed by atoms with van der Waals surface area (Å²) >= 11 is 0. The summed E-state index contributed by atoms with van der Waals surface area (Å²) < 4.78 is 0. The molecule has 1 nitrogen and oxygen atoms in total. The van der Waals surface area contributed by atoms with Gasteiger partial charge in [0.25, 0.3) is 0 Å². The van der Waals surface area contributed by atoms with Crippen LogP contribution in [-0.2, 0) is 0 Å². The summed E-state index contributed by atoms with van der Waals surface area (Å²) in [5, 5.41) is 0. The molecule has 0 saturated heterocycles. The molecule has 2 atom stereocenters. The van der Waals surface area contributed by atoms with Crippen LogP contribution in [0.5, 0.6) is 0 Å². The van der Waals surface area contributed by atoms with Crippen LogP contribution in [0.25, 0.3) is 0 Å². The van der Waals surface area contributed by atoms with Crippen molar-refractivity contribution in [1.29, 1.82) is 0 Å². The molecule has 1 saturated carbocycles. The third kappa shape index (κ3) is 1.98. The summed E-state index contributed by atoms with van der Waals surface area (Å²) in [5.74, 6) is 0.906. The van der Waals surface area contributed by atoms with Gasteiger partial charge in [0.1, 0.15) is 0 Å². The molecule has 10 heavy (non-hydrogen) atoms. The van der Waals surface area contributed by atoms with E-state index in [4.69, 9.17) is 5.73 Å². The fourth-order valence-electron chi connectivity index (χ4n) is 2.01. The number of nitrogens with two attached hydrogens (primary N) is 1. The Kier molecular flexibility index (Phi) is 2.35. The van der Waals surface area contributed by atoms with Crippen molar-refractivity contribution < 1.29 is 0 Å². The maximum Gasteiger partial charge on any atom is 0.0128 e. The van der Waals surface area contributed by atoms with E-state index < -0.39 is 0 Å². The molecule has 0 aromatic rings. The van der Waals surface area contributed by atoms with Gasteiger partial charge in [-0.1, -0.05) is 26.2 Å². The van der Waals surface area contributed by atoms with Crippen LogP contribution in [0.2, 0.25) is 0 Å². The fourth-order valence-corrected chi connectivity index (χ4v) is 2.01. The third-order valence-corrected chi connectivity index (χ3v) is 2.69. The van der Waals surface area contributed by atoms with Gasteiger partial charge in [-0.15, -0.1) is 0 Å². The normalized spacial score (nSPS) is 41.7. The maximum absolute atomic E-state index is 6.04. The Bertz CT molecular complexity index is 107. The van der Waals surface area contributed by atoms with Crippen molar-refractivity contribution in [2.45, 2.75) is 51.5 Å². The van der Waals surface area contributed by atoms with Crippen molar-refractivity contribution >= 4 is 0 Å². The van der Waals surface area contributed by atoms with Crippen LogP contribution in [0.4, 0.5) is 0 Å². The van der Waals surface area contributed by atoms with Gasteiger partial charge in [0, 0.05) is 5.54 Å². The van der Waals surface area contributed by atoms with Gasteiger partial charge in [-0.25, -0.2) is 0 Å². The van der Waals surface area contributed by atoms with E-state index in [2.05, 4.69) is 13.8 Å². The maximum atomic E-state index is 6.04. The first-order valence-corrected chi connectivity index (χ1v) is 4.43. The van der Waals surface area contributed by atoms with Crippen molar-refractivity contribution in [2.24, 2.45) is 11.7 Å². The van der Waals surface area contributed by atoms with Crippen LogP contribution in [-0.4, -0.2) is 5.54 Å². The summed E-state index contributed by atoms with van der Waals surface area (Å²) in [4.78, 5) is 0. The van der Waals surface area contributed by atoms with Gasteiger partial charge in [-0.2, -0.15) is 0 Å². The lowest BCUT2D eigenvalue weighted by atomic mass is 9.76. The van der Waals surface area contributed by atoms with E-state index in [0.717, 1.165) is 5.92 Å². The Balaban J connectivity index is 2.40. The van der Waals surface area contributed by atoms with Crippen LogP contribution >= 0.6 is 0 Å². The minimum atomic E-state index is 0.152. The average Bonchev–Trinajstić information content (AvgIpc) is 1.86. The van der Waals surface area contributed by atoms with Crippen LogP contribution in [0.15, 0.2) is 0 Å². The SMILES string of the molecule is CC[C@@H]1CCC[C@@](C)(N)C1. The molecule has 0 spiro atoms. The number of hydrogen-bond donors (Lipinski definition) is 1. The zero-order valence-electron chi connectivity index (χ0n) is 7.19. The van der Waals surface area contributed by atoms with E-state index in [1.165, 1.54) is 32.1 Å². The molecule has 1 aliphatic carbocycles. The zero-order chi connectivity index (χ0) is 7.61. The van der Waals surface area contributed by atoms with Crippen LogP contribution < -0.4 is 5.73 Å². The predicted octanol–water partition coefficient (Wildman–Crippen LogP) is 2.30. The first-order valence-electron chi connectivity index (χ1n) is 4.43. The fraction of sp³-hybridized carbons (Fsp3) is 1.00. The Morgan fingerprint density at radius 2 is 2.30 bits per heavy atom. The van der Waals surface area contributed by atoms with E-state index in [-0.39, 0.29) is 5.54 Å². The average molecular weight is 141 g/mol. The lowest BCUT2D eigenvalue weighted by Crippen LogP contribution is -2.40. The second-order valence-electron chi connectivity index (χ2n) is 4.02. The van der Waals surface area contributed by atoms with Crippen LogP contribution in [0, 0.1) is 5.92 Å². The smallest absolute Gasteiger partial charge is 0.0128 e. The highest BCUT2D eigenvalue weighted by molar-refractivity contribution is 4.85. The molecule has 1 rings (SSSR count). The summed E-state index contributed by atoms with van der Waals surface area (Å²) in [7, 11) is 0. The first-order chi connectivity index (χ1) is 4.64. The van der Waals surface area contributed by atoms with Gasteiger partial charge in [-0.05, 0) is 25.7 Å². The quantitative estimate of drug-likeness (QED) is 0.595. The molecule has 0 amide bonds. The molecule has 60 valence electrons. The molecule has 2 N–H and O–H groups in total. The van der Waals surface area contributed by atoms with E-state index in [1.54, 1.807) is 0 Å². The molecule has 0 aliphatic heterocycles. The molecule has 0 heterocycles. The molecule has 1 heteroatoms. The van der Waals surface area contributed by atoms with Gasteiger partial charge in [0.2, 0.25) is 0 Å². The zero-order valence-corrected chi connectivity index (χ0v) is 7.19. The van der Waals surface area contributed by atoms with Gasteiger partial charge < -0.3 is 5.73 Å². The second-order valence-corrected chi connectivity index (χ2v) is 4.02. The third-order valence-electron chi connectivity index (χ3n) is 2.69. The van der Waals surface area contributed by atoms with Gasteiger partial charge >= 0.3 is 0 Å². The minimum Gasteiger partial charge on any atom is -0.325 e. The van der Waals surface area contributed by atoms with Gasteiger partial charge in [-0.3, -0.25) is 0 Å². The highest BCUT2D eigenvalue weighted by atomic mass is 14.7. The second kappa shape index (κ2) is 2.91. The molecule has 0 bridgehead atoms. The molecule has 0 radical (unpaired) electrons. The Labute approximate surface area is 64.0 Å². The van der Waals surface area contributed by atoms with E-state index in [1.807, 2.05) is 0 Å². The predicted molar refractivity (Wildman–Crippen MR) is 44.8 cm³/mol. The molecule has 1 fully saturated rings. The molecular weight excluding hydrogens is 122 g/mol. The molecule has 1 aliphatic rings. The topological polar surface area (TPSA) is 26.0 Å². The Morgan fingerprint density at radius 3 is 2.70 bits per heavy atom. The molecule has 0 aromatic carbocycles. The van der Waals surface area contributed by atoms with Crippen molar-refractivity contribution in [3.8, 4) is 0 Å². The molecule has 0 aromatic heterocycles. The molecule has 0 unspecified atom stereocenters. The van der Waals surface area contributed by atoms with Crippen molar-refractivity contribution in [3.05, 3.63) is 0 Å². The summed E-state index contributed by atoms with van der Waals surface area (Å²) in [5.41, 5.74) is 6.20. The highest BCUT2D eigenvalue weighted by Gasteiger charge is 2.26. The van der Waals surface area contributed by atoms with E-state index in [9.17, 15) is 0 Å². The minimum absolute atomic E-state index is 0.152. The number of hydrogen-bond acceptors (Lipinski definition) is 1. The number of rotatable bonds is 1. The van der Waals surface area contributed by atoms with Gasteiger partial charge in [0.15, 0.2) is 0 Å². The Hall–Kier alpha value is -0.0400. The Morgan fingerprint density at radius 1 is 1.60 bits per heavy atom. The highest BCUT2D eigenvalue weighted by Crippen LogP contribution is 2.31. The van der Waals surface area contributed by atoms with Crippen molar-refractivity contribution in [2.75, 3.05) is 0 Å². The summed E-state index contributed by atoms with van der Waals surface area (Å²) in [6, 6.07) is 0. The summed E-state index contributed by atoms with van der Waals surface area (Å²) in [6.07, 6.45) is 6.52. The lowest BCUT2D eigenvalue weighted by Gasteiger charge is -2.34. The van der Waals surface area contributed by atoms with E-state index in [0.29, 0.717) is 0 Å². The standard InChI is InChI=1S/C9H19N/c1-3-8-5-4-6-9(2,10)7-8/h8H,3-7,10H2,1-2H3/t8-,9-/m1/s1. The summed E-state index contributed by atoms with van der Waals surface area (Å²) in [6.45, 7) is 4.46. The monoisotopic (exact) mass is 141 g/mol. The molecular formula is C9H19N. The van der Waals surface area contributed by atoms with Crippen LogP contribution in [0.1, 0.15) is 46.0 Å². The van der Waals surface area contributed by atoms with Crippen molar-refractivity contribution in [3.63, 3.8) is 0 Å². The van der Waals surface area contributed by atoms with Crippen LogP contribution in [0.3, 0.4) is 0 Å². The largest absolute Gasteiger partial charge is 0.325 e. The first kappa shape index (κ1) is 8.06. The van der Waals surface area contributed by atoms with Crippen molar-refractivity contribution in [1.82, 2.24) is 0 Å². The lowest BCUT2D eigenvalue weighted by molar-refractivity contribution is 0.237. The van der Waals surface area contributed by atoms with E-state index >= 15 is 0 Å². The van der Waals surface area contributed by atoms with Gasteiger partial charge in [0.05, 0.1) is 0 Å².